The smallest absolute Gasteiger partial charge is 0.326 e. The predicted molar refractivity (Wildman–Crippen MR) is 64.5 cm³/mol. The Morgan fingerprint density at radius 1 is 1.56 bits per heavy atom. The summed E-state index contributed by atoms with van der Waals surface area (Å²) < 4.78 is 0. The molecular weight excluding hydrogens is 226 g/mol. The van der Waals surface area contributed by atoms with Gasteiger partial charge < -0.3 is 10.4 Å². The normalized spacial score (nSPS) is 23.6. The molecule has 1 aliphatic carbocycles. The Kier molecular flexibility index (Phi) is 4.24. The third-order valence-corrected chi connectivity index (χ3v) is 3.70. The molecule has 2 atom stereocenters. The Morgan fingerprint density at radius 2 is 2.12 bits per heavy atom. The van der Waals surface area contributed by atoms with Crippen molar-refractivity contribution in [3.63, 3.8) is 0 Å². The van der Waals surface area contributed by atoms with Gasteiger partial charge >= 0.3 is 5.97 Å². The number of aliphatic carboxylic acids is 1. The molecular formula is C11H19NO3S. The first-order valence-electron chi connectivity index (χ1n) is 5.40. The van der Waals surface area contributed by atoms with Gasteiger partial charge in [-0.05, 0) is 30.3 Å². The van der Waals surface area contributed by atoms with Crippen LogP contribution in [0, 0.1) is 11.3 Å². The Hall–Kier alpha value is -0.710. The minimum absolute atomic E-state index is 0.0105. The lowest BCUT2D eigenvalue weighted by Gasteiger charge is -2.14. The highest BCUT2D eigenvalue weighted by molar-refractivity contribution is 7.98. The summed E-state index contributed by atoms with van der Waals surface area (Å²) >= 11 is 1.58. The molecule has 1 amide bonds. The molecule has 0 aliphatic heterocycles. The van der Waals surface area contributed by atoms with Gasteiger partial charge in [-0.15, -0.1) is 0 Å². The van der Waals surface area contributed by atoms with Crippen molar-refractivity contribution in [3.05, 3.63) is 0 Å². The molecule has 0 aromatic rings. The minimum Gasteiger partial charge on any atom is -0.480 e. The standard InChI is InChI=1S/C11H19NO3S/c1-11(2)6-7(11)9(13)12-8(10(14)15)4-5-16-3/h7-8H,4-6H2,1-3H3,(H,12,13)(H,14,15)/t7?,8-/m1/s1. The van der Waals surface area contributed by atoms with Crippen LogP contribution < -0.4 is 5.32 Å². The van der Waals surface area contributed by atoms with Gasteiger partial charge in [-0.2, -0.15) is 11.8 Å². The zero-order valence-corrected chi connectivity index (χ0v) is 10.8. The second kappa shape index (κ2) is 5.08. The molecule has 1 unspecified atom stereocenters. The van der Waals surface area contributed by atoms with Crippen molar-refractivity contribution in [2.45, 2.75) is 32.7 Å². The number of hydrogen-bond donors (Lipinski definition) is 2. The van der Waals surface area contributed by atoms with Crippen LogP contribution in [0.5, 0.6) is 0 Å². The number of nitrogens with one attached hydrogen (secondary N) is 1. The maximum absolute atomic E-state index is 11.7. The van der Waals surface area contributed by atoms with E-state index in [1.165, 1.54) is 0 Å². The predicted octanol–water partition coefficient (Wildman–Crippen LogP) is 1.35. The van der Waals surface area contributed by atoms with Gasteiger partial charge in [0.05, 0.1) is 0 Å². The number of hydrogen-bond acceptors (Lipinski definition) is 3. The SMILES string of the molecule is CSCC[C@@H](NC(=O)C1CC1(C)C)C(=O)O. The lowest BCUT2D eigenvalue weighted by Crippen LogP contribution is -2.42. The largest absolute Gasteiger partial charge is 0.480 e. The van der Waals surface area contributed by atoms with Gasteiger partial charge in [-0.1, -0.05) is 13.8 Å². The highest BCUT2D eigenvalue weighted by Gasteiger charge is 2.51. The lowest BCUT2D eigenvalue weighted by molar-refractivity contribution is -0.142. The summed E-state index contributed by atoms with van der Waals surface area (Å²) in [6.07, 6.45) is 3.26. The second-order valence-electron chi connectivity index (χ2n) is 4.93. The van der Waals surface area contributed by atoms with Crippen LogP contribution in [0.4, 0.5) is 0 Å². The topological polar surface area (TPSA) is 66.4 Å². The highest BCUT2D eigenvalue weighted by Crippen LogP contribution is 2.51. The average Bonchev–Trinajstić information content (AvgIpc) is 2.81. The maximum Gasteiger partial charge on any atom is 0.326 e. The zero-order valence-electron chi connectivity index (χ0n) is 9.95. The number of amides is 1. The Bertz CT molecular complexity index is 291. The lowest BCUT2D eigenvalue weighted by atomic mass is 10.1. The first-order valence-corrected chi connectivity index (χ1v) is 6.80. The number of carbonyl (C=O) groups excluding carboxylic acids is 1. The van der Waals surface area contributed by atoms with Crippen LogP contribution in [0.25, 0.3) is 0 Å². The van der Waals surface area contributed by atoms with E-state index in [9.17, 15) is 9.59 Å². The zero-order chi connectivity index (χ0) is 12.3. The molecule has 0 aromatic heterocycles. The van der Waals surface area contributed by atoms with Crippen LogP contribution >= 0.6 is 11.8 Å². The Morgan fingerprint density at radius 3 is 2.50 bits per heavy atom. The fourth-order valence-electron chi connectivity index (χ4n) is 1.68. The molecule has 0 bridgehead atoms. The molecule has 5 heteroatoms. The number of rotatable bonds is 6. The first kappa shape index (κ1) is 13.4. The van der Waals surface area contributed by atoms with Crippen molar-refractivity contribution in [2.24, 2.45) is 11.3 Å². The minimum atomic E-state index is -0.944. The van der Waals surface area contributed by atoms with E-state index in [4.69, 9.17) is 5.11 Å². The molecule has 4 nitrogen and oxygen atoms in total. The molecule has 2 N–H and O–H groups in total. The van der Waals surface area contributed by atoms with Gasteiger partial charge in [-0.25, -0.2) is 4.79 Å². The first-order chi connectivity index (χ1) is 7.38. The van der Waals surface area contributed by atoms with Crippen molar-refractivity contribution in [1.82, 2.24) is 5.32 Å². The van der Waals surface area contributed by atoms with Gasteiger partial charge in [0.1, 0.15) is 6.04 Å². The van der Waals surface area contributed by atoms with Gasteiger partial charge in [0.25, 0.3) is 0 Å². The molecule has 1 saturated carbocycles. The van der Waals surface area contributed by atoms with Crippen LogP contribution in [0.1, 0.15) is 26.7 Å². The average molecular weight is 245 g/mol. The summed E-state index contributed by atoms with van der Waals surface area (Å²) in [6.45, 7) is 4.05. The summed E-state index contributed by atoms with van der Waals surface area (Å²) in [5, 5.41) is 11.6. The molecule has 1 rings (SSSR count). The van der Waals surface area contributed by atoms with E-state index < -0.39 is 12.0 Å². The number of carboxylic acid groups (broad SMARTS) is 1. The van der Waals surface area contributed by atoms with E-state index in [0.717, 1.165) is 12.2 Å². The van der Waals surface area contributed by atoms with Crippen molar-refractivity contribution >= 4 is 23.6 Å². The number of thioether (sulfide) groups is 1. The van der Waals surface area contributed by atoms with Gasteiger partial charge in [0.15, 0.2) is 0 Å². The van der Waals surface area contributed by atoms with E-state index in [2.05, 4.69) is 5.32 Å². The third kappa shape index (κ3) is 3.40. The molecule has 92 valence electrons. The van der Waals surface area contributed by atoms with E-state index in [1.807, 2.05) is 20.1 Å². The van der Waals surface area contributed by atoms with Gasteiger partial charge in [-0.3, -0.25) is 4.79 Å². The van der Waals surface area contributed by atoms with Crippen molar-refractivity contribution in [2.75, 3.05) is 12.0 Å². The molecule has 0 heterocycles. The fraction of sp³-hybridized carbons (Fsp3) is 0.818. The molecule has 1 aliphatic rings. The molecule has 0 spiro atoms. The Balaban J connectivity index is 2.43. The molecule has 0 saturated heterocycles. The molecule has 0 aromatic carbocycles. The number of carboxylic acids is 1. The van der Waals surface area contributed by atoms with E-state index in [1.54, 1.807) is 11.8 Å². The number of carbonyl (C=O) groups is 2. The van der Waals surface area contributed by atoms with Gasteiger partial charge in [0, 0.05) is 5.92 Å². The molecule has 1 fully saturated rings. The summed E-state index contributed by atoms with van der Waals surface area (Å²) in [6, 6.07) is -0.739. The highest BCUT2D eigenvalue weighted by atomic mass is 32.2. The third-order valence-electron chi connectivity index (χ3n) is 3.06. The fourth-order valence-corrected chi connectivity index (χ4v) is 2.15. The summed E-state index contributed by atoms with van der Waals surface area (Å²) in [4.78, 5) is 22.6. The summed E-state index contributed by atoms with van der Waals surface area (Å²) in [5.41, 5.74) is 0.0483. The maximum atomic E-state index is 11.7. The summed E-state index contributed by atoms with van der Waals surface area (Å²) in [5.74, 6) is -0.325. The van der Waals surface area contributed by atoms with Crippen LogP contribution in [0.15, 0.2) is 0 Å². The molecule has 0 radical (unpaired) electrons. The van der Waals surface area contributed by atoms with Crippen LogP contribution in [-0.4, -0.2) is 35.0 Å². The second-order valence-corrected chi connectivity index (χ2v) is 5.91. The molecule has 16 heavy (non-hydrogen) atoms. The van der Waals surface area contributed by atoms with E-state index in [-0.39, 0.29) is 17.2 Å². The Labute approximate surface area is 100 Å². The van der Waals surface area contributed by atoms with E-state index >= 15 is 0 Å². The monoisotopic (exact) mass is 245 g/mol. The van der Waals surface area contributed by atoms with Crippen LogP contribution in [0.3, 0.4) is 0 Å². The van der Waals surface area contributed by atoms with Crippen LogP contribution in [0.2, 0.25) is 0 Å². The van der Waals surface area contributed by atoms with Gasteiger partial charge in [0.2, 0.25) is 5.91 Å². The van der Waals surface area contributed by atoms with Crippen molar-refractivity contribution in [3.8, 4) is 0 Å². The quantitative estimate of drug-likeness (QED) is 0.741. The van der Waals surface area contributed by atoms with E-state index in [0.29, 0.717) is 6.42 Å². The van der Waals surface area contributed by atoms with Crippen molar-refractivity contribution < 1.29 is 14.7 Å². The summed E-state index contributed by atoms with van der Waals surface area (Å²) in [7, 11) is 0. The van der Waals surface area contributed by atoms with Crippen molar-refractivity contribution in [1.29, 1.82) is 0 Å². The van der Waals surface area contributed by atoms with Crippen LogP contribution in [-0.2, 0) is 9.59 Å².